The molecular formula is C14H22BrClN2O. The smallest absolute Gasteiger partial charge is 0.252 e. The number of rotatable bonds is 5. The lowest BCUT2D eigenvalue weighted by Crippen LogP contribution is -2.52. The van der Waals surface area contributed by atoms with Crippen LogP contribution in [0.3, 0.4) is 0 Å². The monoisotopic (exact) mass is 348 g/mol. The number of benzene rings is 1. The van der Waals surface area contributed by atoms with Gasteiger partial charge in [-0.05, 0) is 53.4 Å². The van der Waals surface area contributed by atoms with E-state index in [1.807, 2.05) is 39.0 Å². The van der Waals surface area contributed by atoms with Crippen LogP contribution >= 0.6 is 28.3 Å². The van der Waals surface area contributed by atoms with E-state index < -0.39 is 0 Å². The molecule has 1 amide bonds. The van der Waals surface area contributed by atoms with E-state index in [2.05, 4.69) is 21.2 Å². The normalized spacial score (nSPS) is 10.8. The molecule has 0 aliphatic carbocycles. The summed E-state index contributed by atoms with van der Waals surface area (Å²) in [4.78, 5) is 12.3. The molecule has 5 heteroatoms. The molecule has 0 spiro atoms. The van der Waals surface area contributed by atoms with Gasteiger partial charge >= 0.3 is 0 Å². The van der Waals surface area contributed by atoms with Crippen molar-refractivity contribution in [3.8, 4) is 0 Å². The van der Waals surface area contributed by atoms with E-state index in [-0.39, 0.29) is 23.9 Å². The number of hydrogen-bond donors (Lipinski definition) is 2. The Bertz CT molecular complexity index is 425. The molecular weight excluding hydrogens is 328 g/mol. The quantitative estimate of drug-likeness (QED) is 0.855. The maximum absolute atomic E-state index is 12.3. The van der Waals surface area contributed by atoms with Gasteiger partial charge in [-0.1, -0.05) is 19.9 Å². The second kappa shape index (κ2) is 7.88. The van der Waals surface area contributed by atoms with E-state index in [1.165, 1.54) is 0 Å². The van der Waals surface area contributed by atoms with Crippen molar-refractivity contribution in [3.63, 3.8) is 0 Å². The summed E-state index contributed by atoms with van der Waals surface area (Å²) in [6.07, 6.45) is 1.66. The Morgan fingerprint density at radius 1 is 1.37 bits per heavy atom. The maximum atomic E-state index is 12.3. The van der Waals surface area contributed by atoms with Gasteiger partial charge in [0.1, 0.15) is 0 Å². The third kappa shape index (κ3) is 4.48. The Labute approximate surface area is 129 Å². The molecule has 0 bridgehead atoms. The molecule has 19 heavy (non-hydrogen) atoms. The summed E-state index contributed by atoms with van der Waals surface area (Å²) in [6.45, 7) is 6.53. The van der Waals surface area contributed by atoms with Crippen LogP contribution in [0.15, 0.2) is 22.7 Å². The van der Waals surface area contributed by atoms with Gasteiger partial charge in [-0.2, -0.15) is 0 Å². The largest absolute Gasteiger partial charge is 0.345 e. The first-order valence-electron chi connectivity index (χ1n) is 6.26. The van der Waals surface area contributed by atoms with Crippen LogP contribution in [0.1, 0.15) is 42.6 Å². The second-order valence-electron chi connectivity index (χ2n) is 4.63. The molecule has 3 N–H and O–H groups in total. The zero-order valence-electron chi connectivity index (χ0n) is 11.6. The van der Waals surface area contributed by atoms with E-state index in [1.54, 1.807) is 0 Å². The van der Waals surface area contributed by atoms with E-state index in [9.17, 15) is 4.79 Å². The highest BCUT2D eigenvalue weighted by Gasteiger charge is 2.27. The fourth-order valence-electron chi connectivity index (χ4n) is 1.88. The van der Waals surface area contributed by atoms with Crippen molar-refractivity contribution in [2.24, 2.45) is 5.73 Å². The minimum atomic E-state index is -0.304. The Hall–Kier alpha value is -0.580. The molecule has 0 heterocycles. The SMILES string of the molecule is CCC(CC)(CN)NC(=O)c1ccc(C)cc1Br.Cl. The van der Waals surface area contributed by atoms with E-state index in [4.69, 9.17) is 5.73 Å². The lowest BCUT2D eigenvalue weighted by atomic mass is 9.92. The predicted molar refractivity (Wildman–Crippen MR) is 86.0 cm³/mol. The molecule has 3 nitrogen and oxygen atoms in total. The first-order chi connectivity index (χ1) is 8.48. The highest BCUT2D eigenvalue weighted by Crippen LogP contribution is 2.20. The van der Waals surface area contributed by atoms with Crippen molar-refractivity contribution in [2.45, 2.75) is 39.2 Å². The number of halogens is 2. The summed E-state index contributed by atoms with van der Waals surface area (Å²) >= 11 is 3.43. The first-order valence-corrected chi connectivity index (χ1v) is 7.06. The van der Waals surface area contributed by atoms with Crippen LogP contribution in [-0.4, -0.2) is 18.0 Å². The third-order valence-electron chi connectivity index (χ3n) is 3.49. The predicted octanol–water partition coefficient (Wildman–Crippen LogP) is 3.43. The van der Waals surface area contributed by atoms with Gasteiger partial charge in [0.25, 0.3) is 5.91 Å². The Kier molecular flexibility index (Phi) is 7.64. The second-order valence-corrected chi connectivity index (χ2v) is 5.48. The molecule has 0 aliphatic heterocycles. The number of amides is 1. The number of aryl methyl sites for hydroxylation is 1. The van der Waals surface area contributed by atoms with Gasteiger partial charge in [-0.3, -0.25) is 4.79 Å². The highest BCUT2D eigenvalue weighted by molar-refractivity contribution is 9.10. The van der Waals surface area contributed by atoms with Crippen LogP contribution in [0.4, 0.5) is 0 Å². The Balaban J connectivity index is 0.00000324. The molecule has 0 fully saturated rings. The maximum Gasteiger partial charge on any atom is 0.252 e. The zero-order chi connectivity index (χ0) is 13.8. The van der Waals surface area contributed by atoms with Crippen molar-refractivity contribution in [3.05, 3.63) is 33.8 Å². The summed E-state index contributed by atoms with van der Waals surface area (Å²) in [5, 5.41) is 3.06. The highest BCUT2D eigenvalue weighted by atomic mass is 79.9. The standard InChI is InChI=1S/C14H21BrN2O.ClH/c1-4-14(5-2,9-16)17-13(18)11-7-6-10(3)8-12(11)15;/h6-8H,4-5,9,16H2,1-3H3,(H,17,18);1H. The molecule has 1 rings (SSSR count). The lowest BCUT2D eigenvalue weighted by Gasteiger charge is -2.31. The zero-order valence-corrected chi connectivity index (χ0v) is 14.0. The van der Waals surface area contributed by atoms with E-state index in [0.717, 1.165) is 22.9 Å². The van der Waals surface area contributed by atoms with Crippen molar-refractivity contribution < 1.29 is 4.79 Å². The van der Waals surface area contributed by atoms with Crippen molar-refractivity contribution in [2.75, 3.05) is 6.54 Å². The van der Waals surface area contributed by atoms with Gasteiger partial charge in [0.2, 0.25) is 0 Å². The molecule has 0 saturated carbocycles. The summed E-state index contributed by atoms with van der Waals surface area (Å²) in [5.74, 6) is -0.0731. The van der Waals surface area contributed by atoms with Crippen LogP contribution in [0, 0.1) is 6.92 Å². The molecule has 0 saturated heterocycles. The summed E-state index contributed by atoms with van der Waals surface area (Å²) in [6, 6.07) is 5.71. The summed E-state index contributed by atoms with van der Waals surface area (Å²) < 4.78 is 0.818. The summed E-state index contributed by atoms with van der Waals surface area (Å²) in [7, 11) is 0. The van der Waals surface area contributed by atoms with Gasteiger partial charge in [0.15, 0.2) is 0 Å². The Morgan fingerprint density at radius 2 is 1.95 bits per heavy atom. The van der Waals surface area contributed by atoms with Gasteiger partial charge in [0, 0.05) is 11.0 Å². The van der Waals surface area contributed by atoms with E-state index >= 15 is 0 Å². The van der Waals surface area contributed by atoms with Crippen molar-refractivity contribution in [1.29, 1.82) is 0 Å². The number of nitrogens with one attached hydrogen (secondary N) is 1. The average molecular weight is 350 g/mol. The van der Waals surface area contributed by atoms with Crippen LogP contribution in [0.2, 0.25) is 0 Å². The van der Waals surface area contributed by atoms with Crippen LogP contribution in [0.5, 0.6) is 0 Å². The summed E-state index contributed by atoms with van der Waals surface area (Å²) in [5.41, 5.74) is 7.26. The number of nitrogens with two attached hydrogens (primary N) is 1. The molecule has 0 unspecified atom stereocenters. The Morgan fingerprint density at radius 3 is 2.37 bits per heavy atom. The minimum absolute atomic E-state index is 0. The molecule has 0 atom stereocenters. The van der Waals surface area contributed by atoms with Crippen LogP contribution < -0.4 is 11.1 Å². The molecule has 1 aromatic rings. The molecule has 1 aromatic carbocycles. The van der Waals surface area contributed by atoms with Gasteiger partial charge in [-0.15, -0.1) is 12.4 Å². The fraction of sp³-hybridized carbons (Fsp3) is 0.500. The number of hydrogen-bond acceptors (Lipinski definition) is 2. The van der Waals surface area contributed by atoms with Gasteiger partial charge in [-0.25, -0.2) is 0 Å². The number of carbonyl (C=O) groups is 1. The molecule has 0 radical (unpaired) electrons. The topological polar surface area (TPSA) is 55.1 Å². The van der Waals surface area contributed by atoms with Crippen molar-refractivity contribution in [1.82, 2.24) is 5.32 Å². The molecule has 0 aliphatic rings. The number of carbonyl (C=O) groups excluding carboxylic acids is 1. The van der Waals surface area contributed by atoms with Gasteiger partial charge in [0.05, 0.1) is 11.1 Å². The fourth-order valence-corrected chi connectivity index (χ4v) is 2.55. The average Bonchev–Trinajstić information content (AvgIpc) is 2.36. The molecule has 108 valence electrons. The van der Waals surface area contributed by atoms with Crippen molar-refractivity contribution >= 4 is 34.2 Å². The lowest BCUT2D eigenvalue weighted by molar-refractivity contribution is 0.0894. The van der Waals surface area contributed by atoms with E-state index in [0.29, 0.717) is 12.1 Å². The van der Waals surface area contributed by atoms with Gasteiger partial charge < -0.3 is 11.1 Å². The third-order valence-corrected chi connectivity index (χ3v) is 4.15. The minimum Gasteiger partial charge on any atom is -0.345 e. The van der Waals surface area contributed by atoms with Crippen LogP contribution in [-0.2, 0) is 0 Å². The first kappa shape index (κ1) is 18.4. The van der Waals surface area contributed by atoms with Crippen LogP contribution in [0.25, 0.3) is 0 Å². The molecule has 0 aromatic heterocycles.